The number of fused-ring (bicyclic) bond motifs is 1. The van der Waals surface area contributed by atoms with Gasteiger partial charge in [0.15, 0.2) is 0 Å². The van der Waals surface area contributed by atoms with Gasteiger partial charge in [-0.05, 0) is 41.3 Å². The van der Waals surface area contributed by atoms with E-state index in [1.807, 2.05) is 18.3 Å². The average Bonchev–Trinajstić information content (AvgIpc) is 3.16. The van der Waals surface area contributed by atoms with Gasteiger partial charge in [0.2, 0.25) is 0 Å². The molecule has 1 fully saturated rings. The molecule has 1 saturated heterocycles. The van der Waals surface area contributed by atoms with Crippen LogP contribution in [0, 0.1) is 6.92 Å². The lowest BCUT2D eigenvalue weighted by molar-refractivity contribution is 0.0966. The summed E-state index contributed by atoms with van der Waals surface area (Å²) in [7, 11) is 0. The van der Waals surface area contributed by atoms with Crippen molar-refractivity contribution in [1.29, 1.82) is 0 Å². The smallest absolute Gasteiger partial charge is 0.251 e. The van der Waals surface area contributed by atoms with Crippen molar-refractivity contribution in [2.24, 2.45) is 0 Å². The van der Waals surface area contributed by atoms with E-state index in [2.05, 4.69) is 62.3 Å². The van der Waals surface area contributed by atoms with Crippen molar-refractivity contribution in [3.8, 4) is 11.1 Å². The number of carbonyl (C=O) groups excluding carboxylic acids is 1. The van der Waals surface area contributed by atoms with Gasteiger partial charge in [0.05, 0.1) is 0 Å². The number of aromatic nitrogens is 2. The van der Waals surface area contributed by atoms with Gasteiger partial charge in [-0.3, -0.25) is 9.69 Å². The molecule has 0 radical (unpaired) electrons. The second kappa shape index (κ2) is 7.88. The predicted molar refractivity (Wildman–Crippen MR) is 117 cm³/mol. The highest BCUT2D eigenvalue weighted by atomic mass is 16.1. The molecule has 2 aliphatic heterocycles. The Morgan fingerprint density at radius 1 is 1.03 bits per heavy atom. The molecule has 0 aliphatic carbocycles. The minimum absolute atomic E-state index is 0.0276. The molecule has 0 saturated carbocycles. The molecular formula is C24H25N5O. The zero-order valence-corrected chi connectivity index (χ0v) is 17.1. The van der Waals surface area contributed by atoms with E-state index in [1.54, 1.807) is 6.33 Å². The van der Waals surface area contributed by atoms with Gasteiger partial charge in [-0.15, -0.1) is 0 Å². The molecule has 1 aromatic heterocycles. The highest BCUT2D eigenvalue weighted by Crippen LogP contribution is 2.30. The second-order valence-corrected chi connectivity index (χ2v) is 8.01. The van der Waals surface area contributed by atoms with E-state index in [9.17, 15) is 4.79 Å². The fraction of sp³-hybridized carbons (Fsp3) is 0.292. The summed E-state index contributed by atoms with van der Waals surface area (Å²) in [6.07, 6.45) is 3.51. The first-order valence-corrected chi connectivity index (χ1v) is 10.4. The SMILES string of the molecule is Cc1cncnc1N1CCN(Cc2cccc(-c3cccc4c3CNC4=O)c2)CC1. The summed E-state index contributed by atoms with van der Waals surface area (Å²) >= 11 is 0. The van der Waals surface area contributed by atoms with Crippen molar-refractivity contribution in [2.75, 3.05) is 31.1 Å². The van der Waals surface area contributed by atoms with E-state index in [-0.39, 0.29) is 5.91 Å². The van der Waals surface area contributed by atoms with Crippen LogP contribution in [0.2, 0.25) is 0 Å². The molecule has 2 aliphatic rings. The van der Waals surface area contributed by atoms with Gasteiger partial charge in [-0.2, -0.15) is 0 Å². The van der Waals surface area contributed by atoms with Crippen LogP contribution in [-0.4, -0.2) is 47.0 Å². The molecular weight excluding hydrogens is 374 g/mol. The van der Waals surface area contributed by atoms with Crippen LogP contribution in [0.3, 0.4) is 0 Å². The molecule has 5 rings (SSSR count). The normalized spacial score (nSPS) is 16.4. The van der Waals surface area contributed by atoms with Crippen molar-refractivity contribution >= 4 is 11.7 Å². The molecule has 0 spiro atoms. The maximum atomic E-state index is 12.0. The molecule has 6 heteroatoms. The number of aryl methyl sites for hydroxylation is 1. The summed E-state index contributed by atoms with van der Waals surface area (Å²) in [5.74, 6) is 1.08. The van der Waals surface area contributed by atoms with E-state index >= 15 is 0 Å². The number of piperazine rings is 1. The standard InChI is InChI=1S/C24H25N5O/c1-17-13-25-16-27-23(17)29-10-8-28(9-11-29)15-18-4-2-5-19(12-18)20-6-3-7-21-22(20)14-26-24(21)30/h2-7,12-13,16H,8-11,14-15H2,1H3,(H,26,30). The van der Waals surface area contributed by atoms with Gasteiger partial charge in [-0.1, -0.05) is 30.3 Å². The number of amides is 1. The third-order valence-electron chi connectivity index (χ3n) is 6.03. The Kier molecular flexibility index (Phi) is 4.93. The molecule has 1 amide bonds. The van der Waals surface area contributed by atoms with Crippen LogP contribution in [0.15, 0.2) is 55.0 Å². The van der Waals surface area contributed by atoms with E-state index in [0.717, 1.165) is 60.8 Å². The monoisotopic (exact) mass is 399 g/mol. The van der Waals surface area contributed by atoms with Crippen molar-refractivity contribution in [2.45, 2.75) is 20.0 Å². The maximum absolute atomic E-state index is 12.0. The molecule has 3 heterocycles. The predicted octanol–water partition coefficient (Wildman–Crippen LogP) is 3.02. The van der Waals surface area contributed by atoms with Crippen molar-refractivity contribution in [1.82, 2.24) is 20.2 Å². The quantitative estimate of drug-likeness (QED) is 0.731. The van der Waals surface area contributed by atoms with Crippen molar-refractivity contribution < 1.29 is 4.79 Å². The Labute approximate surface area is 176 Å². The van der Waals surface area contributed by atoms with Crippen LogP contribution in [0.4, 0.5) is 5.82 Å². The third kappa shape index (κ3) is 3.55. The first kappa shape index (κ1) is 18.8. The Balaban J connectivity index is 1.29. The van der Waals surface area contributed by atoms with Crippen molar-refractivity contribution in [3.05, 3.63) is 77.2 Å². The maximum Gasteiger partial charge on any atom is 0.251 e. The van der Waals surface area contributed by atoms with Crippen LogP contribution >= 0.6 is 0 Å². The zero-order valence-electron chi connectivity index (χ0n) is 17.1. The number of nitrogens with one attached hydrogen (secondary N) is 1. The fourth-order valence-electron chi connectivity index (χ4n) is 4.46. The van der Waals surface area contributed by atoms with Gasteiger partial charge in [0, 0.05) is 56.6 Å². The highest BCUT2D eigenvalue weighted by Gasteiger charge is 2.22. The molecule has 30 heavy (non-hydrogen) atoms. The van der Waals surface area contributed by atoms with Gasteiger partial charge in [0.25, 0.3) is 5.91 Å². The minimum Gasteiger partial charge on any atom is -0.354 e. The van der Waals surface area contributed by atoms with E-state index in [0.29, 0.717) is 6.54 Å². The first-order valence-electron chi connectivity index (χ1n) is 10.4. The average molecular weight is 399 g/mol. The number of carbonyl (C=O) groups is 1. The molecule has 3 aromatic rings. The molecule has 6 nitrogen and oxygen atoms in total. The Bertz CT molecular complexity index is 1090. The van der Waals surface area contributed by atoms with Crippen LogP contribution in [0.25, 0.3) is 11.1 Å². The molecule has 2 aromatic carbocycles. The van der Waals surface area contributed by atoms with Crippen LogP contribution in [0.1, 0.15) is 27.0 Å². The molecule has 152 valence electrons. The lowest BCUT2D eigenvalue weighted by Gasteiger charge is -2.36. The first-order chi connectivity index (χ1) is 14.7. The summed E-state index contributed by atoms with van der Waals surface area (Å²) in [5.41, 5.74) is 6.66. The summed E-state index contributed by atoms with van der Waals surface area (Å²) in [6, 6.07) is 14.7. The zero-order chi connectivity index (χ0) is 20.5. The molecule has 1 N–H and O–H groups in total. The minimum atomic E-state index is 0.0276. The number of hydrogen-bond donors (Lipinski definition) is 1. The largest absolute Gasteiger partial charge is 0.354 e. The Morgan fingerprint density at radius 3 is 2.67 bits per heavy atom. The van der Waals surface area contributed by atoms with Crippen LogP contribution < -0.4 is 10.2 Å². The number of anilines is 1. The van der Waals surface area contributed by atoms with E-state index < -0.39 is 0 Å². The lowest BCUT2D eigenvalue weighted by Crippen LogP contribution is -2.46. The summed E-state index contributed by atoms with van der Waals surface area (Å²) in [4.78, 5) is 25.4. The molecule has 0 unspecified atom stereocenters. The second-order valence-electron chi connectivity index (χ2n) is 8.01. The third-order valence-corrected chi connectivity index (χ3v) is 6.03. The summed E-state index contributed by atoms with van der Waals surface area (Å²) in [6.45, 7) is 7.56. The fourth-order valence-corrected chi connectivity index (χ4v) is 4.46. The number of hydrogen-bond acceptors (Lipinski definition) is 5. The highest BCUT2D eigenvalue weighted by molar-refractivity contribution is 6.00. The van der Waals surface area contributed by atoms with Gasteiger partial charge in [-0.25, -0.2) is 9.97 Å². The summed E-state index contributed by atoms with van der Waals surface area (Å²) in [5, 5.41) is 2.94. The van der Waals surface area contributed by atoms with Gasteiger partial charge >= 0.3 is 0 Å². The van der Waals surface area contributed by atoms with E-state index in [1.165, 1.54) is 11.1 Å². The van der Waals surface area contributed by atoms with Crippen LogP contribution in [0.5, 0.6) is 0 Å². The molecule has 0 atom stereocenters. The topological polar surface area (TPSA) is 61.4 Å². The Hall–Kier alpha value is -3.25. The number of rotatable bonds is 4. The van der Waals surface area contributed by atoms with Gasteiger partial charge < -0.3 is 10.2 Å². The van der Waals surface area contributed by atoms with Gasteiger partial charge in [0.1, 0.15) is 12.1 Å². The summed E-state index contributed by atoms with van der Waals surface area (Å²) < 4.78 is 0. The Morgan fingerprint density at radius 2 is 1.83 bits per heavy atom. The number of benzene rings is 2. The number of nitrogens with zero attached hydrogens (tertiary/aromatic N) is 4. The van der Waals surface area contributed by atoms with Crippen LogP contribution in [-0.2, 0) is 13.1 Å². The lowest BCUT2D eigenvalue weighted by atomic mass is 9.95. The van der Waals surface area contributed by atoms with Crippen molar-refractivity contribution in [3.63, 3.8) is 0 Å². The van der Waals surface area contributed by atoms with E-state index in [4.69, 9.17) is 0 Å². The molecule has 0 bridgehead atoms.